The summed E-state index contributed by atoms with van der Waals surface area (Å²) < 4.78 is 5.37. The van der Waals surface area contributed by atoms with Crippen LogP contribution in [0.15, 0.2) is 60.7 Å². The Kier molecular flexibility index (Phi) is 8.87. The number of nitrogens with one attached hydrogen (secondary N) is 2. The number of benzene rings is 2. The molecule has 1 aliphatic heterocycles. The van der Waals surface area contributed by atoms with Crippen molar-refractivity contribution in [2.75, 3.05) is 52.9 Å². The van der Waals surface area contributed by atoms with Crippen LogP contribution < -0.4 is 15.4 Å². The van der Waals surface area contributed by atoms with Gasteiger partial charge in [-0.05, 0) is 31.2 Å². The SMILES string of the molecule is CN1CCN(CCCNC(=O)CNC(=O)COc2ccccc2)[C@@H](c2ccccc2)C1. The fourth-order valence-electron chi connectivity index (χ4n) is 3.68. The van der Waals surface area contributed by atoms with Crippen molar-refractivity contribution in [2.24, 2.45) is 0 Å². The van der Waals surface area contributed by atoms with E-state index < -0.39 is 0 Å². The highest BCUT2D eigenvalue weighted by atomic mass is 16.5. The molecule has 0 aromatic heterocycles. The first-order chi connectivity index (χ1) is 15.1. The molecule has 1 heterocycles. The molecule has 2 aromatic rings. The molecule has 2 amide bonds. The van der Waals surface area contributed by atoms with Gasteiger partial charge in [-0.3, -0.25) is 14.5 Å². The predicted octanol–water partition coefficient (Wildman–Crippen LogP) is 1.68. The summed E-state index contributed by atoms with van der Waals surface area (Å²) in [6, 6.07) is 20.1. The minimum Gasteiger partial charge on any atom is -0.484 e. The number of nitrogens with zero attached hydrogens (tertiary/aromatic N) is 2. The topological polar surface area (TPSA) is 73.9 Å². The molecule has 2 aromatic carbocycles. The van der Waals surface area contributed by atoms with Crippen molar-refractivity contribution in [3.8, 4) is 5.75 Å². The van der Waals surface area contributed by atoms with Crippen LogP contribution in [0.3, 0.4) is 0 Å². The van der Waals surface area contributed by atoms with Gasteiger partial charge in [-0.15, -0.1) is 0 Å². The Morgan fingerprint density at radius 3 is 2.42 bits per heavy atom. The fourth-order valence-corrected chi connectivity index (χ4v) is 3.68. The average molecular weight is 425 g/mol. The lowest BCUT2D eigenvalue weighted by molar-refractivity contribution is -0.127. The molecule has 0 spiro atoms. The largest absolute Gasteiger partial charge is 0.484 e. The van der Waals surface area contributed by atoms with E-state index in [-0.39, 0.29) is 25.0 Å². The summed E-state index contributed by atoms with van der Waals surface area (Å²) in [4.78, 5) is 28.7. The summed E-state index contributed by atoms with van der Waals surface area (Å²) in [6.07, 6.45) is 0.865. The molecule has 0 saturated carbocycles. The van der Waals surface area contributed by atoms with E-state index in [2.05, 4.69) is 51.7 Å². The first kappa shape index (κ1) is 22.8. The number of hydrogen-bond acceptors (Lipinski definition) is 5. The van der Waals surface area contributed by atoms with E-state index in [1.807, 2.05) is 24.3 Å². The van der Waals surface area contributed by atoms with Gasteiger partial charge in [0.1, 0.15) is 5.75 Å². The highest BCUT2D eigenvalue weighted by Crippen LogP contribution is 2.24. The second-order valence-corrected chi connectivity index (χ2v) is 7.81. The summed E-state index contributed by atoms with van der Waals surface area (Å²) in [5.41, 5.74) is 1.33. The Balaban J connectivity index is 1.32. The Morgan fingerprint density at radius 1 is 0.968 bits per heavy atom. The van der Waals surface area contributed by atoms with E-state index in [9.17, 15) is 9.59 Å². The standard InChI is InChI=1S/C24H32N4O3/c1-27-15-16-28(22(18-27)20-9-4-2-5-10-20)14-8-13-25-23(29)17-26-24(30)19-31-21-11-6-3-7-12-21/h2-7,9-12,22H,8,13-19H2,1H3,(H,25,29)(H,26,30)/t22-/m1/s1. The van der Waals surface area contributed by atoms with Gasteiger partial charge >= 0.3 is 0 Å². The molecular formula is C24H32N4O3. The van der Waals surface area contributed by atoms with Gasteiger partial charge in [0, 0.05) is 38.8 Å². The zero-order valence-electron chi connectivity index (χ0n) is 18.1. The molecule has 0 aliphatic carbocycles. The molecule has 0 unspecified atom stereocenters. The van der Waals surface area contributed by atoms with Crippen LogP contribution in [0.1, 0.15) is 18.0 Å². The number of para-hydroxylation sites is 1. The van der Waals surface area contributed by atoms with Crippen LogP contribution >= 0.6 is 0 Å². The normalized spacial score (nSPS) is 17.1. The Labute approximate surface area is 184 Å². The number of carbonyl (C=O) groups excluding carboxylic acids is 2. The van der Waals surface area contributed by atoms with Gasteiger partial charge in [0.05, 0.1) is 6.54 Å². The van der Waals surface area contributed by atoms with Crippen LogP contribution in [-0.2, 0) is 9.59 Å². The molecule has 7 nitrogen and oxygen atoms in total. The van der Waals surface area contributed by atoms with Gasteiger partial charge in [0.15, 0.2) is 6.61 Å². The van der Waals surface area contributed by atoms with Crippen LogP contribution in [0.4, 0.5) is 0 Å². The van der Waals surface area contributed by atoms with Crippen LogP contribution in [0, 0.1) is 0 Å². The van der Waals surface area contributed by atoms with E-state index >= 15 is 0 Å². The molecule has 7 heteroatoms. The van der Waals surface area contributed by atoms with Gasteiger partial charge in [0.2, 0.25) is 5.91 Å². The van der Waals surface area contributed by atoms with E-state index in [1.165, 1.54) is 5.56 Å². The number of hydrogen-bond donors (Lipinski definition) is 2. The van der Waals surface area contributed by atoms with E-state index in [1.54, 1.807) is 12.1 Å². The predicted molar refractivity (Wildman–Crippen MR) is 121 cm³/mol. The molecule has 1 saturated heterocycles. The smallest absolute Gasteiger partial charge is 0.258 e. The molecule has 0 bridgehead atoms. The third kappa shape index (κ3) is 7.70. The Hall–Kier alpha value is -2.90. The number of rotatable bonds is 10. The summed E-state index contributed by atoms with van der Waals surface area (Å²) in [5.74, 6) is 0.119. The van der Waals surface area contributed by atoms with Crippen molar-refractivity contribution < 1.29 is 14.3 Å². The first-order valence-electron chi connectivity index (χ1n) is 10.8. The van der Waals surface area contributed by atoms with Crippen molar-refractivity contribution in [2.45, 2.75) is 12.5 Å². The van der Waals surface area contributed by atoms with Gasteiger partial charge in [-0.25, -0.2) is 0 Å². The van der Waals surface area contributed by atoms with E-state index in [0.29, 0.717) is 18.3 Å². The first-order valence-corrected chi connectivity index (χ1v) is 10.8. The molecule has 1 atom stereocenters. The summed E-state index contributed by atoms with van der Waals surface area (Å²) in [7, 11) is 2.16. The lowest BCUT2D eigenvalue weighted by Gasteiger charge is -2.40. The molecule has 166 valence electrons. The second-order valence-electron chi connectivity index (χ2n) is 7.81. The van der Waals surface area contributed by atoms with E-state index in [0.717, 1.165) is 32.6 Å². The summed E-state index contributed by atoms with van der Waals surface area (Å²) in [5, 5.41) is 5.47. The minimum absolute atomic E-state index is 0.0435. The number of ether oxygens (including phenoxy) is 1. The van der Waals surface area contributed by atoms with Crippen molar-refractivity contribution in [1.29, 1.82) is 0 Å². The maximum Gasteiger partial charge on any atom is 0.258 e. The van der Waals surface area contributed by atoms with Crippen molar-refractivity contribution in [1.82, 2.24) is 20.4 Å². The number of carbonyl (C=O) groups is 2. The number of amides is 2. The number of likely N-dealkylation sites (N-methyl/N-ethyl adjacent to an activating group) is 1. The van der Waals surface area contributed by atoms with Gasteiger partial charge in [-0.2, -0.15) is 0 Å². The van der Waals surface area contributed by atoms with Gasteiger partial charge < -0.3 is 20.3 Å². The molecule has 0 radical (unpaired) electrons. The molecule has 2 N–H and O–H groups in total. The lowest BCUT2D eigenvalue weighted by atomic mass is 10.0. The Bertz CT molecular complexity index is 816. The van der Waals surface area contributed by atoms with E-state index in [4.69, 9.17) is 4.74 Å². The molecule has 3 rings (SSSR count). The molecule has 31 heavy (non-hydrogen) atoms. The Morgan fingerprint density at radius 2 is 1.68 bits per heavy atom. The lowest BCUT2D eigenvalue weighted by Crippen LogP contribution is -2.47. The minimum atomic E-state index is -0.317. The maximum atomic E-state index is 12.0. The molecular weight excluding hydrogens is 392 g/mol. The highest BCUT2D eigenvalue weighted by molar-refractivity contribution is 5.85. The van der Waals surface area contributed by atoms with Crippen LogP contribution in [-0.4, -0.2) is 74.5 Å². The summed E-state index contributed by atoms with van der Waals surface area (Å²) in [6.45, 7) is 4.43. The second kappa shape index (κ2) is 12.1. The zero-order valence-corrected chi connectivity index (χ0v) is 18.1. The van der Waals surface area contributed by atoms with Crippen LogP contribution in [0.5, 0.6) is 5.75 Å². The quantitative estimate of drug-likeness (QED) is 0.568. The van der Waals surface area contributed by atoms with Gasteiger partial charge in [0.25, 0.3) is 5.91 Å². The van der Waals surface area contributed by atoms with Crippen molar-refractivity contribution >= 4 is 11.8 Å². The van der Waals surface area contributed by atoms with Crippen molar-refractivity contribution in [3.05, 3.63) is 66.2 Å². The highest BCUT2D eigenvalue weighted by Gasteiger charge is 2.25. The van der Waals surface area contributed by atoms with Crippen LogP contribution in [0.25, 0.3) is 0 Å². The maximum absolute atomic E-state index is 12.0. The van der Waals surface area contributed by atoms with Crippen LogP contribution in [0.2, 0.25) is 0 Å². The average Bonchev–Trinajstić information content (AvgIpc) is 2.81. The third-order valence-electron chi connectivity index (χ3n) is 5.38. The molecule has 1 fully saturated rings. The molecule has 1 aliphatic rings. The fraction of sp³-hybridized carbons (Fsp3) is 0.417. The monoisotopic (exact) mass is 424 g/mol. The number of piperazine rings is 1. The van der Waals surface area contributed by atoms with Crippen molar-refractivity contribution in [3.63, 3.8) is 0 Å². The summed E-state index contributed by atoms with van der Waals surface area (Å²) >= 11 is 0. The van der Waals surface area contributed by atoms with Gasteiger partial charge in [-0.1, -0.05) is 48.5 Å². The zero-order chi connectivity index (χ0) is 21.9. The third-order valence-corrected chi connectivity index (χ3v) is 5.38.